The van der Waals surface area contributed by atoms with Crippen LogP contribution in [0.4, 0.5) is 0 Å². The van der Waals surface area contributed by atoms with E-state index in [2.05, 4.69) is 11.4 Å². The zero-order valence-corrected chi connectivity index (χ0v) is 19.3. The van der Waals surface area contributed by atoms with Crippen LogP contribution in [-0.2, 0) is 19.6 Å². The van der Waals surface area contributed by atoms with E-state index in [-0.39, 0.29) is 0 Å². The monoisotopic (exact) mass is 459 g/mol. The molecule has 0 unspecified atom stereocenters. The van der Waals surface area contributed by atoms with Gasteiger partial charge >= 0.3 is 0 Å². The topological polar surface area (TPSA) is 39.7 Å². The Kier molecular flexibility index (Phi) is 8.89. The molecular weight excluding hydrogens is 433 g/mol. The molecule has 0 aromatic heterocycles. The van der Waals surface area contributed by atoms with E-state index in [0.717, 1.165) is 29.8 Å². The minimum absolute atomic E-state index is 0.340. The van der Waals surface area contributed by atoms with E-state index in [1.807, 2.05) is 55.5 Å². The molecule has 3 aromatic rings. The van der Waals surface area contributed by atoms with Gasteiger partial charge in [-0.15, -0.1) is 0 Å². The van der Waals surface area contributed by atoms with Crippen LogP contribution in [0.2, 0.25) is 10.0 Å². The number of ether oxygens (including phenoxy) is 3. The van der Waals surface area contributed by atoms with E-state index in [9.17, 15) is 0 Å². The predicted octanol–water partition coefficient (Wildman–Crippen LogP) is 6.31. The molecule has 1 N–H and O–H groups in total. The summed E-state index contributed by atoms with van der Waals surface area (Å²) in [7, 11) is 1.69. The molecule has 3 aromatic carbocycles. The fourth-order valence-electron chi connectivity index (χ4n) is 3.22. The van der Waals surface area contributed by atoms with Crippen LogP contribution in [0.3, 0.4) is 0 Å². The van der Waals surface area contributed by atoms with Gasteiger partial charge in [-0.3, -0.25) is 0 Å². The second-order valence-electron chi connectivity index (χ2n) is 6.94. The Bertz CT molecular complexity index is 994. The molecule has 0 saturated carbocycles. The number of halogens is 2. The normalized spacial score (nSPS) is 10.7. The maximum absolute atomic E-state index is 6.54. The van der Waals surface area contributed by atoms with E-state index in [1.165, 1.54) is 5.56 Å². The van der Waals surface area contributed by atoms with Crippen LogP contribution in [0.25, 0.3) is 0 Å². The highest BCUT2D eigenvalue weighted by Gasteiger charge is 2.12. The largest absolute Gasteiger partial charge is 0.496 e. The second-order valence-corrected chi connectivity index (χ2v) is 7.76. The van der Waals surface area contributed by atoms with Crippen LogP contribution in [0.1, 0.15) is 23.6 Å². The van der Waals surface area contributed by atoms with Gasteiger partial charge in [0.2, 0.25) is 0 Å². The second kappa shape index (κ2) is 11.8. The third kappa shape index (κ3) is 6.54. The number of rotatable bonds is 11. The lowest BCUT2D eigenvalue weighted by molar-refractivity contribution is 0.269. The minimum atomic E-state index is 0.340. The summed E-state index contributed by atoms with van der Waals surface area (Å²) in [6.45, 7) is 4.24. The lowest BCUT2D eigenvalue weighted by atomic mass is 10.1. The predicted molar refractivity (Wildman–Crippen MR) is 127 cm³/mol. The summed E-state index contributed by atoms with van der Waals surface area (Å²) in [6.07, 6.45) is 0.860. The molecular formula is C25H27Cl2NO3. The van der Waals surface area contributed by atoms with Gasteiger partial charge in [-0.1, -0.05) is 59.6 Å². The molecule has 0 radical (unpaired) electrons. The first-order valence-corrected chi connectivity index (χ1v) is 11.0. The van der Waals surface area contributed by atoms with Crippen LogP contribution in [-0.4, -0.2) is 20.3 Å². The van der Waals surface area contributed by atoms with Crippen molar-refractivity contribution in [3.63, 3.8) is 0 Å². The van der Waals surface area contributed by atoms with Gasteiger partial charge in [0.25, 0.3) is 0 Å². The Morgan fingerprint density at radius 1 is 0.774 bits per heavy atom. The molecule has 0 spiro atoms. The maximum atomic E-state index is 6.54. The van der Waals surface area contributed by atoms with Gasteiger partial charge in [0, 0.05) is 28.2 Å². The Balaban J connectivity index is 1.63. The SMILES string of the molecule is CCOc1cc(CNCCc2ccccc2OC)c(Cl)cc1OCc1ccccc1Cl. The van der Waals surface area contributed by atoms with Gasteiger partial charge in [0.15, 0.2) is 11.5 Å². The quantitative estimate of drug-likeness (QED) is 0.341. The molecule has 0 bridgehead atoms. The highest BCUT2D eigenvalue weighted by atomic mass is 35.5. The van der Waals surface area contributed by atoms with Crippen molar-refractivity contribution in [2.24, 2.45) is 0 Å². The maximum Gasteiger partial charge on any atom is 0.163 e. The number of nitrogens with one attached hydrogen (secondary N) is 1. The Hall–Kier alpha value is -2.40. The first kappa shape index (κ1) is 23.3. The standard InChI is InChI=1S/C25H27Cl2NO3/c1-3-30-24-14-20(16-28-13-12-18-8-5-7-11-23(18)29-2)22(27)15-25(24)31-17-19-9-4-6-10-21(19)26/h4-11,14-15,28H,3,12-13,16-17H2,1-2H3. The number of para-hydroxylation sites is 1. The average molecular weight is 460 g/mol. The van der Waals surface area contributed by atoms with Crippen molar-refractivity contribution in [3.05, 3.63) is 87.4 Å². The summed E-state index contributed by atoms with van der Waals surface area (Å²) >= 11 is 12.8. The molecule has 0 fully saturated rings. The van der Waals surface area contributed by atoms with Gasteiger partial charge < -0.3 is 19.5 Å². The third-order valence-corrected chi connectivity index (χ3v) is 5.55. The van der Waals surface area contributed by atoms with Crippen molar-refractivity contribution >= 4 is 23.2 Å². The van der Waals surface area contributed by atoms with E-state index >= 15 is 0 Å². The smallest absolute Gasteiger partial charge is 0.163 e. The summed E-state index contributed by atoms with van der Waals surface area (Å²) in [5, 5.41) is 4.74. The summed E-state index contributed by atoms with van der Waals surface area (Å²) < 4.78 is 17.2. The Morgan fingerprint density at radius 2 is 1.48 bits per heavy atom. The van der Waals surface area contributed by atoms with E-state index in [4.69, 9.17) is 37.4 Å². The zero-order chi connectivity index (χ0) is 22.1. The lowest BCUT2D eigenvalue weighted by Gasteiger charge is -2.16. The van der Waals surface area contributed by atoms with Crippen molar-refractivity contribution in [1.82, 2.24) is 5.32 Å². The molecule has 0 atom stereocenters. The zero-order valence-electron chi connectivity index (χ0n) is 17.8. The van der Waals surface area contributed by atoms with Crippen LogP contribution < -0.4 is 19.5 Å². The first-order valence-electron chi connectivity index (χ1n) is 10.3. The number of benzene rings is 3. The van der Waals surface area contributed by atoms with Gasteiger partial charge in [0.05, 0.1) is 13.7 Å². The Morgan fingerprint density at radius 3 is 2.23 bits per heavy atom. The van der Waals surface area contributed by atoms with E-state index in [0.29, 0.717) is 41.3 Å². The lowest BCUT2D eigenvalue weighted by Crippen LogP contribution is -2.17. The molecule has 6 heteroatoms. The van der Waals surface area contributed by atoms with Crippen LogP contribution in [0.5, 0.6) is 17.2 Å². The van der Waals surface area contributed by atoms with Gasteiger partial charge in [0.1, 0.15) is 12.4 Å². The molecule has 0 heterocycles. The molecule has 0 saturated heterocycles. The summed E-state index contributed by atoms with van der Waals surface area (Å²) in [6, 6.07) is 19.4. The summed E-state index contributed by atoms with van der Waals surface area (Å²) in [4.78, 5) is 0. The molecule has 3 rings (SSSR count). The fourth-order valence-corrected chi connectivity index (χ4v) is 3.63. The van der Waals surface area contributed by atoms with E-state index in [1.54, 1.807) is 13.2 Å². The molecule has 0 aliphatic heterocycles. The molecule has 31 heavy (non-hydrogen) atoms. The first-order chi connectivity index (χ1) is 15.1. The van der Waals surface area contributed by atoms with Crippen molar-refractivity contribution in [2.75, 3.05) is 20.3 Å². The Labute approximate surface area is 194 Å². The van der Waals surface area contributed by atoms with Crippen LogP contribution in [0, 0.1) is 0 Å². The van der Waals surface area contributed by atoms with Crippen molar-refractivity contribution < 1.29 is 14.2 Å². The molecule has 0 aliphatic carbocycles. The molecule has 0 aliphatic rings. The van der Waals surface area contributed by atoms with Gasteiger partial charge in [-0.2, -0.15) is 0 Å². The summed E-state index contributed by atoms with van der Waals surface area (Å²) in [5.41, 5.74) is 3.03. The molecule has 4 nitrogen and oxygen atoms in total. The van der Waals surface area contributed by atoms with Crippen LogP contribution in [0.15, 0.2) is 60.7 Å². The number of methoxy groups -OCH3 is 1. The van der Waals surface area contributed by atoms with Gasteiger partial charge in [-0.05, 0) is 49.2 Å². The van der Waals surface area contributed by atoms with Crippen LogP contribution >= 0.6 is 23.2 Å². The fraction of sp³-hybridized carbons (Fsp3) is 0.280. The summed E-state index contributed by atoms with van der Waals surface area (Å²) in [5.74, 6) is 2.17. The molecule has 0 amide bonds. The molecule has 164 valence electrons. The van der Waals surface area contributed by atoms with E-state index < -0.39 is 0 Å². The number of hydrogen-bond donors (Lipinski definition) is 1. The van der Waals surface area contributed by atoms with Crippen molar-refractivity contribution in [1.29, 1.82) is 0 Å². The third-order valence-electron chi connectivity index (χ3n) is 4.83. The minimum Gasteiger partial charge on any atom is -0.496 e. The van der Waals surface area contributed by atoms with Crippen molar-refractivity contribution in [2.45, 2.75) is 26.5 Å². The average Bonchev–Trinajstić information content (AvgIpc) is 2.78. The highest BCUT2D eigenvalue weighted by Crippen LogP contribution is 2.34. The highest BCUT2D eigenvalue weighted by molar-refractivity contribution is 6.31. The number of hydrogen-bond acceptors (Lipinski definition) is 4. The van der Waals surface area contributed by atoms with Gasteiger partial charge in [-0.25, -0.2) is 0 Å². The van der Waals surface area contributed by atoms with Crippen molar-refractivity contribution in [3.8, 4) is 17.2 Å².